The lowest BCUT2D eigenvalue weighted by molar-refractivity contribution is -0.139. The predicted molar refractivity (Wildman–Crippen MR) is 93.4 cm³/mol. The average molecular weight is 342 g/mol. The molecule has 0 aliphatic rings. The van der Waals surface area contributed by atoms with Crippen molar-refractivity contribution in [2.24, 2.45) is 0 Å². The third kappa shape index (κ3) is 5.91. The highest BCUT2D eigenvalue weighted by Gasteiger charge is 2.20. The summed E-state index contributed by atoms with van der Waals surface area (Å²) in [6.07, 6.45) is 3.47. The minimum atomic E-state index is -1.03. The van der Waals surface area contributed by atoms with Gasteiger partial charge in [-0.05, 0) is 18.1 Å². The first-order valence-electron chi connectivity index (χ1n) is 8.26. The van der Waals surface area contributed by atoms with E-state index in [0.29, 0.717) is 24.5 Å². The third-order valence-electron chi connectivity index (χ3n) is 3.68. The Hall–Kier alpha value is -2.89. The fourth-order valence-corrected chi connectivity index (χ4v) is 2.27. The van der Waals surface area contributed by atoms with E-state index in [-0.39, 0.29) is 0 Å². The van der Waals surface area contributed by atoms with Crippen molar-refractivity contribution >= 4 is 11.9 Å². The summed E-state index contributed by atoms with van der Waals surface area (Å²) in [6.45, 7) is 2.31. The number of hydrogen-bond donors (Lipinski definition) is 2. The summed E-state index contributed by atoms with van der Waals surface area (Å²) >= 11 is 0. The van der Waals surface area contributed by atoms with Crippen molar-refractivity contribution in [3.05, 3.63) is 59.8 Å². The number of nitrogens with zero attached hydrogens (tertiary/aromatic N) is 1. The van der Waals surface area contributed by atoms with E-state index in [1.807, 2.05) is 37.3 Å². The molecule has 0 saturated heterocycles. The topological polar surface area (TPSA) is 88.5 Å². The monoisotopic (exact) mass is 342 g/mol. The number of amides is 1. The zero-order valence-corrected chi connectivity index (χ0v) is 14.1. The molecule has 6 nitrogen and oxygen atoms in total. The molecule has 0 radical (unpaired) electrons. The van der Waals surface area contributed by atoms with Crippen LogP contribution < -0.4 is 10.1 Å². The van der Waals surface area contributed by atoms with E-state index < -0.39 is 17.9 Å². The summed E-state index contributed by atoms with van der Waals surface area (Å²) in [5.74, 6) is -1.16. The highest BCUT2D eigenvalue weighted by molar-refractivity contribution is 5.96. The molecular weight excluding hydrogens is 320 g/mol. The first-order chi connectivity index (χ1) is 12.1. The summed E-state index contributed by atoms with van der Waals surface area (Å²) in [4.78, 5) is 27.6. The molecular formula is C19H22N2O4. The molecule has 2 N–H and O–H groups in total. The van der Waals surface area contributed by atoms with Crippen molar-refractivity contribution in [3.63, 3.8) is 0 Å². The molecule has 1 heterocycles. The van der Waals surface area contributed by atoms with Crippen LogP contribution in [0.5, 0.6) is 5.88 Å². The van der Waals surface area contributed by atoms with Gasteiger partial charge in [0.05, 0.1) is 0 Å². The smallest absolute Gasteiger partial charge is 0.326 e. The van der Waals surface area contributed by atoms with Crippen LogP contribution in [-0.4, -0.2) is 28.0 Å². The van der Waals surface area contributed by atoms with Crippen molar-refractivity contribution in [2.75, 3.05) is 0 Å². The molecule has 1 amide bonds. The van der Waals surface area contributed by atoms with E-state index in [0.717, 1.165) is 18.4 Å². The van der Waals surface area contributed by atoms with Gasteiger partial charge in [-0.25, -0.2) is 9.78 Å². The molecule has 0 fully saturated rings. The molecule has 0 spiro atoms. The molecule has 0 bridgehead atoms. The highest BCUT2D eigenvalue weighted by atomic mass is 16.5. The second-order valence-corrected chi connectivity index (χ2v) is 5.66. The van der Waals surface area contributed by atoms with E-state index in [1.165, 1.54) is 18.3 Å². The number of carboxylic acid groups (broad SMARTS) is 1. The Bertz CT molecular complexity index is 704. The van der Waals surface area contributed by atoms with Crippen molar-refractivity contribution in [1.82, 2.24) is 10.3 Å². The maximum absolute atomic E-state index is 12.3. The molecule has 1 unspecified atom stereocenters. The van der Waals surface area contributed by atoms with Gasteiger partial charge in [0.1, 0.15) is 12.6 Å². The van der Waals surface area contributed by atoms with Crippen LogP contribution in [0.4, 0.5) is 0 Å². The fraction of sp³-hybridized carbons (Fsp3) is 0.316. The number of carbonyl (C=O) groups is 2. The Morgan fingerprint density at radius 3 is 2.68 bits per heavy atom. The van der Waals surface area contributed by atoms with Gasteiger partial charge in [-0.3, -0.25) is 4.79 Å². The Morgan fingerprint density at radius 1 is 1.24 bits per heavy atom. The Labute approximate surface area is 146 Å². The molecule has 1 aromatic heterocycles. The van der Waals surface area contributed by atoms with Crippen LogP contribution in [0.3, 0.4) is 0 Å². The van der Waals surface area contributed by atoms with E-state index >= 15 is 0 Å². The lowest BCUT2D eigenvalue weighted by atomic mass is 10.1. The van der Waals surface area contributed by atoms with Crippen LogP contribution in [0.25, 0.3) is 0 Å². The summed E-state index contributed by atoms with van der Waals surface area (Å²) < 4.78 is 5.59. The van der Waals surface area contributed by atoms with Crippen LogP contribution in [-0.2, 0) is 11.4 Å². The van der Waals surface area contributed by atoms with Gasteiger partial charge >= 0.3 is 5.97 Å². The fourth-order valence-electron chi connectivity index (χ4n) is 2.27. The average Bonchev–Trinajstić information content (AvgIpc) is 2.64. The minimum absolute atomic E-state index is 0.317. The quantitative estimate of drug-likeness (QED) is 0.731. The van der Waals surface area contributed by atoms with Gasteiger partial charge in [0, 0.05) is 17.8 Å². The largest absolute Gasteiger partial charge is 0.480 e. The number of aromatic nitrogens is 1. The van der Waals surface area contributed by atoms with E-state index in [4.69, 9.17) is 4.74 Å². The van der Waals surface area contributed by atoms with Gasteiger partial charge in [0.25, 0.3) is 5.91 Å². The van der Waals surface area contributed by atoms with Crippen LogP contribution >= 0.6 is 0 Å². The van der Waals surface area contributed by atoms with E-state index in [9.17, 15) is 14.7 Å². The minimum Gasteiger partial charge on any atom is -0.480 e. The molecule has 2 rings (SSSR count). The molecule has 6 heteroatoms. The molecule has 1 aromatic carbocycles. The molecule has 25 heavy (non-hydrogen) atoms. The van der Waals surface area contributed by atoms with Gasteiger partial charge in [0.2, 0.25) is 5.88 Å². The predicted octanol–water partition coefficient (Wildman–Crippen LogP) is 3.03. The Morgan fingerprint density at radius 2 is 2.00 bits per heavy atom. The number of pyridine rings is 1. The SMILES string of the molecule is CCCCC(NC(=O)c1ccnc(OCc2ccccc2)c1)C(=O)O. The molecule has 0 aliphatic carbocycles. The van der Waals surface area contributed by atoms with E-state index in [2.05, 4.69) is 10.3 Å². The maximum atomic E-state index is 12.3. The number of aliphatic carboxylic acids is 1. The Balaban J connectivity index is 1.99. The van der Waals surface area contributed by atoms with E-state index in [1.54, 1.807) is 0 Å². The van der Waals surface area contributed by atoms with Crippen molar-refractivity contribution in [3.8, 4) is 5.88 Å². The van der Waals surface area contributed by atoms with Crippen molar-refractivity contribution in [2.45, 2.75) is 38.8 Å². The zero-order chi connectivity index (χ0) is 18.1. The zero-order valence-electron chi connectivity index (χ0n) is 14.1. The summed E-state index contributed by atoms with van der Waals surface area (Å²) in [5, 5.41) is 11.8. The number of rotatable bonds is 9. The summed E-state index contributed by atoms with van der Waals surface area (Å²) in [5.41, 5.74) is 1.31. The molecule has 0 saturated carbocycles. The number of benzene rings is 1. The first kappa shape index (κ1) is 18.4. The maximum Gasteiger partial charge on any atom is 0.326 e. The third-order valence-corrected chi connectivity index (χ3v) is 3.68. The molecule has 0 aliphatic heterocycles. The number of hydrogen-bond acceptors (Lipinski definition) is 4. The molecule has 2 aromatic rings. The summed E-state index contributed by atoms with van der Waals surface area (Å²) in [7, 11) is 0. The van der Waals surface area contributed by atoms with Crippen molar-refractivity contribution in [1.29, 1.82) is 0 Å². The Kier molecular flexibility index (Phi) is 6.95. The normalized spacial score (nSPS) is 11.6. The van der Waals surface area contributed by atoms with Crippen molar-refractivity contribution < 1.29 is 19.4 Å². The van der Waals surface area contributed by atoms with Gasteiger partial charge in [0.15, 0.2) is 0 Å². The van der Waals surface area contributed by atoms with Crippen LogP contribution in [0.15, 0.2) is 48.7 Å². The van der Waals surface area contributed by atoms with Gasteiger partial charge in [-0.1, -0.05) is 50.1 Å². The second kappa shape index (κ2) is 9.42. The second-order valence-electron chi connectivity index (χ2n) is 5.66. The lowest BCUT2D eigenvalue weighted by Gasteiger charge is -2.14. The molecule has 132 valence electrons. The van der Waals surface area contributed by atoms with Crippen LogP contribution in [0.2, 0.25) is 0 Å². The number of nitrogens with one attached hydrogen (secondary N) is 1. The number of unbranched alkanes of at least 4 members (excludes halogenated alkanes) is 1. The standard InChI is InChI=1S/C19H22N2O4/c1-2-3-9-16(19(23)24)21-18(22)15-10-11-20-17(12-15)25-13-14-7-5-4-6-8-14/h4-8,10-12,16H,2-3,9,13H2,1H3,(H,21,22)(H,23,24). The number of ether oxygens (including phenoxy) is 1. The summed E-state index contributed by atoms with van der Waals surface area (Å²) in [6, 6.07) is 11.8. The number of carboxylic acids is 1. The number of carbonyl (C=O) groups excluding carboxylic acids is 1. The first-order valence-corrected chi connectivity index (χ1v) is 8.26. The van der Waals surface area contributed by atoms with Gasteiger partial charge < -0.3 is 15.2 Å². The van der Waals surface area contributed by atoms with Gasteiger partial charge in [-0.15, -0.1) is 0 Å². The highest BCUT2D eigenvalue weighted by Crippen LogP contribution is 2.12. The van der Waals surface area contributed by atoms with Gasteiger partial charge in [-0.2, -0.15) is 0 Å². The van der Waals surface area contributed by atoms with Crippen LogP contribution in [0.1, 0.15) is 42.1 Å². The van der Waals surface area contributed by atoms with Crippen LogP contribution in [0, 0.1) is 0 Å². The molecule has 1 atom stereocenters. The lowest BCUT2D eigenvalue weighted by Crippen LogP contribution is -2.40.